The number of carbonyl (C=O) groups is 1. The summed E-state index contributed by atoms with van der Waals surface area (Å²) >= 11 is 0. The van der Waals surface area contributed by atoms with Gasteiger partial charge in [-0.25, -0.2) is 0 Å². The van der Waals surface area contributed by atoms with Crippen LogP contribution in [0, 0.1) is 0 Å². The third kappa shape index (κ3) is 2.98. The fourth-order valence-corrected chi connectivity index (χ4v) is 2.98. The summed E-state index contributed by atoms with van der Waals surface area (Å²) in [6.45, 7) is 1.94. The van der Waals surface area contributed by atoms with Crippen molar-refractivity contribution in [2.24, 2.45) is 0 Å². The van der Waals surface area contributed by atoms with E-state index in [-0.39, 0.29) is 5.97 Å². The van der Waals surface area contributed by atoms with Crippen LogP contribution in [0.1, 0.15) is 19.8 Å². The lowest BCUT2D eigenvalue weighted by atomic mass is 9.95. The third-order valence-corrected chi connectivity index (χ3v) is 4.07. The Morgan fingerprint density at radius 3 is 1.43 bits per heavy atom. The largest absolute Gasteiger partial charge is 0.469 e. The number of ether oxygens (including phenoxy) is 1. The molecule has 0 saturated heterocycles. The van der Waals surface area contributed by atoms with Crippen LogP contribution in [-0.4, -0.2) is 13.1 Å². The second-order valence-electron chi connectivity index (χ2n) is 5.62. The SMILES string of the molecule is CCCC(=O)OC.c1cc2ccc3cccc4ccc(c1)c2c34. The van der Waals surface area contributed by atoms with E-state index in [2.05, 4.69) is 65.4 Å². The lowest BCUT2D eigenvalue weighted by Gasteiger charge is -2.09. The molecule has 2 heteroatoms. The van der Waals surface area contributed by atoms with Gasteiger partial charge in [-0.3, -0.25) is 4.79 Å². The van der Waals surface area contributed by atoms with Crippen LogP contribution in [-0.2, 0) is 9.53 Å². The van der Waals surface area contributed by atoms with Crippen molar-refractivity contribution < 1.29 is 9.53 Å². The van der Waals surface area contributed by atoms with Gasteiger partial charge in [-0.15, -0.1) is 0 Å². The third-order valence-electron chi connectivity index (χ3n) is 4.07. The molecule has 4 aromatic rings. The molecule has 116 valence electrons. The number of hydrogen-bond acceptors (Lipinski definition) is 2. The highest BCUT2D eigenvalue weighted by Gasteiger charge is 2.05. The molecule has 0 aliphatic heterocycles. The van der Waals surface area contributed by atoms with Crippen LogP contribution in [0.2, 0.25) is 0 Å². The second kappa shape index (κ2) is 6.66. The van der Waals surface area contributed by atoms with Crippen molar-refractivity contribution in [2.75, 3.05) is 7.11 Å². The van der Waals surface area contributed by atoms with Gasteiger partial charge in [-0.05, 0) is 38.7 Å². The van der Waals surface area contributed by atoms with Gasteiger partial charge >= 0.3 is 5.97 Å². The summed E-state index contributed by atoms with van der Waals surface area (Å²) in [7, 11) is 1.40. The minimum Gasteiger partial charge on any atom is -0.469 e. The molecule has 0 amide bonds. The van der Waals surface area contributed by atoms with Crippen molar-refractivity contribution in [3.8, 4) is 0 Å². The summed E-state index contributed by atoms with van der Waals surface area (Å²) in [5.41, 5.74) is 0. The zero-order valence-electron chi connectivity index (χ0n) is 13.5. The Morgan fingerprint density at radius 2 is 1.17 bits per heavy atom. The number of rotatable bonds is 2. The molecule has 2 nitrogen and oxygen atoms in total. The molecule has 0 aliphatic carbocycles. The van der Waals surface area contributed by atoms with Crippen molar-refractivity contribution in [3.63, 3.8) is 0 Å². The summed E-state index contributed by atoms with van der Waals surface area (Å²) in [4.78, 5) is 10.2. The van der Waals surface area contributed by atoms with Gasteiger partial charge in [0.25, 0.3) is 0 Å². The molecule has 0 heterocycles. The zero-order valence-corrected chi connectivity index (χ0v) is 13.5. The fourth-order valence-electron chi connectivity index (χ4n) is 2.98. The summed E-state index contributed by atoms with van der Waals surface area (Å²) in [6.07, 6.45) is 1.41. The minimum atomic E-state index is -0.123. The van der Waals surface area contributed by atoms with E-state index in [0.717, 1.165) is 6.42 Å². The first-order chi connectivity index (χ1) is 11.2. The van der Waals surface area contributed by atoms with Crippen molar-refractivity contribution >= 4 is 38.3 Å². The first kappa shape index (κ1) is 15.3. The number of benzene rings is 4. The van der Waals surface area contributed by atoms with E-state index in [1.165, 1.54) is 39.4 Å². The molecule has 0 unspecified atom stereocenters. The average molecular weight is 304 g/mol. The van der Waals surface area contributed by atoms with Crippen LogP contribution in [0.4, 0.5) is 0 Å². The maximum Gasteiger partial charge on any atom is 0.305 e. The maximum absolute atomic E-state index is 10.2. The lowest BCUT2D eigenvalue weighted by molar-refractivity contribution is -0.140. The molecule has 0 aromatic heterocycles. The first-order valence-electron chi connectivity index (χ1n) is 7.94. The maximum atomic E-state index is 10.2. The predicted octanol–water partition coefficient (Wildman–Crippen LogP) is 5.54. The van der Waals surface area contributed by atoms with Crippen LogP contribution in [0.15, 0.2) is 60.7 Å². The van der Waals surface area contributed by atoms with Crippen molar-refractivity contribution in [3.05, 3.63) is 60.7 Å². The van der Waals surface area contributed by atoms with Crippen LogP contribution in [0.25, 0.3) is 32.3 Å². The molecule has 23 heavy (non-hydrogen) atoms. The van der Waals surface area contributed by atoms with E-state index in [1.54, 1.807) is 0 Å². The normalized spacial score (nSPS) is 10.7. The average Bonchev–Trinajstić information content (AvgIpc) is 2.60. The molecule has 4 aromatic carbocycles. The quantitative estimate of drug-likeness (QED) is 0.359. The van der Waals surface area contributed by atoms with E-state index in [0.29, 0.717) is 6.42 Å². The second-order valence-corrected chi connectivity index (χ2v) is 5.62. The van der Waals surface area contributed by atoms with E-state index < -0.39 is 0 Å². The highest BCUT2D eigenvalue weighted by atomic mass is 16.5. The van der Waals surface area contributed by atoms with Crippen molar-refractivity contribution in [2.45, 2.75) is 19.8 Å². The molecular formula is C21H20O2. The van der Waals surface area contributed by atoms with E-state index in [1.807, 2.05) is 6.92 Å². The van der Waals surface area contributed by atoms with E-state index in [4.69, 9.17) is 0 Å². The number of hydrogen-bond donors (Lipinski definition) is 0. The predicted molar refractivity (Wildman–Crippen MR) is 97.1 cm³/mol. The van der Waals surface area contributed by atoms with Crippen LogP contribution < -0.4 is 0 Å². The number of esters is 1. The molecular weight excluding hydrogens is 284 g/mol. The minimum absolute atomic E-state index is 0.123. The Hall–Kier alpha value is -2.61. The molecule has 0 N–H and O–H groups in total. The molecule has 0 atom stereocenters. The summed E-state index contributed by atoms with van der Waals surface area (Å²) in [6, 6.07) is 21.9. The molecule has 0 fully saturated rings. The molecule has 0 saturated carbocycles. The number of methoxy groups -OCH3 is 1. The highest BCUT2D eigenvalue weighted by molar-refractivity contribution is 6.22. The van der Waals surface area contributed by atoms with Gasteiger partial charge in [0.15, 0.2) is 0 Å². The molecule has 0 radical (unpaired) electrons. The Bertz CT molecular complexity index is 810. The van der Waals surface area contributed by atoms with E-state index >= 15 is 0 Å². The Balaban J connectivity index is 0.000000193. The lowest BCUT2D eigenvalue weighted by Crippen LogP contribution is -1.97. The molecule has 4 rings (SSSR count). The Kier molecular flexibility index (Phi) is 4.42. The Morgan fingerprint density at radius 1 is 0.783 bits per heavy atom. The van der Waals surface area contributed by atoms with Crippen LogP contribution in [0.3, 0.4) is 0 Å². The van der Waals surface area contributed by atoms with Crippen LogP contribution in [0.5, 0.6) is 0 Å². The van der Waals surface area contributed by atoms with Gasteiger partial charge in [-0.1, -0.05) is 67.6 Å². The van der Waals surface area contributed by atoms with Crippen LogP contribution >= 0.6 is 0 Å². The smallest absolute Gasteiger partial charge is 0.305 e. The van der Waals surface area contributed by atoms with Gasteiger partial charge in [-0.2, -0.15) is 0 Å². The number of carbonyl (C=O) groups excluding carboxylic acids is 1. The summed E-state index contributed by atoms with van der Waals surface area (Å²) in [5.74, 6) is -0.123. The Labute approximate surface area is 136 Å². The molecule has 0 spiro atoms. The standard InChI is InChI=1S/C16H10.C5H10O2/c1-3-11-7-9-13-5-2-6-14-10-8-12(4-1)15(11)16(13)14;1-3-4-5(6)7-2/h1-10H;3-4H2,1-2H3. The monoisotopic (exact) mass is 304 g/mol. The van der Waals surface area contributed by atoms with Gasteiger partial charge in [0.1, 0.15) is 0 Å². The highest BCUT2D eigenvalue weighted by Crippen LogP contribution is 2.33. The van der Waals surface area contributed by atoms with Gasteiger partial charge in [0, 0.05) is 6.42 Å². The van der Waals surface area contributed by atoms with Gasteiger partial charge < -0.3 is 4.74 Å². The van der Waals surface area contributed by atoms with Gasteiger partial charge in [0.05, 0.1) is 7.11 Å². The van der Waals surface area contributed by atoms with Crippen molar-refractivity contribution in [1.29, 1.82) is 0 Å². The fraction of sp³-hybridized carbons (Fsp3) is 0.190. The van der Waals surface area contributed by atoms with Gasteiger partial charge in [0.2, 0.25) is 0 Å². The van der Waals surface area contributed by atoms with E-state index in [9.17, 15) is 4.79 Å². The van der Waals surface area contributed by atoms with Crippen molar-refractivity contribution in [1.82, 2.24) is 0 Å². The first-order valence-corrected chi connectivity index (χ1v) is 7.94. The topological polar surface area (TPSA) is 26.3 Å². The molecule has 0 aliphatic rings. The summed E-state index contributed by atoms with van der Waals surface area (Å²) < 4.78 is 4.35. The molecule has 0 bridgehead atoms. The zero-order chi connectivity index (χ0) is 16.2. The summed E-state index contributed by atoms with van der Waals surface area (Å²) in [5, 5.41) is 8.14.